The van der Waals surface area contributed by atoms with Crippen molar-refractivity contribution < 1.29 is 29.0 Å². The number of carbonyl (C=O) groups is 4. The summed E-state index contributed by atoms with van der Waals surface area (Å²) in [5, 5.41) is 11.4. The number of carbonyl (C=O) groups excluding carboxylic acids is 3. The lowest BCUT2D eigenvalue weighted by molar-refractivity contribution is -0.137. The van der Waals surface area contributed by atoms with Gasteiger partial charge in [0.05, 0.1) is 18.6 Å². The Morgan fingerprint density at radius 2 is 1.63 bits per heavy atom. The first-order valence-electron chi connectivity index (χ1n) is 10.1. The molecule has 0 aromatic heterocycles. The van der Waals surface area contributed by atoms with Gasteiger partial charge in [-0.3, -0.25) is 14.4 Å². The zero-order valence-electron chi connectivity index (χ0n) is 17.4. The Morgan fingerprint density at radius 1 is 1.00 bits per heavy atom. The van der Waals surface area contributed by atoms with Crippen molar-refractivity contribution in [2.75, 3.05) is 32.8 Å². The Morgan fingerprint density at radius 3 is 2.20 bits per heavy atom. The van der Waals surface area contributed by atoms with Crippen molar-refractivity contribution in [1.82, 2.24) is 10.2 Å². The molecule has 0 saturated carbocycles. The first-order valence-corrected chi connectivity index (χ1v) is 10.1. The van der Waals surface area contributed by atoms with Crippen LogP contribution in [0.25, 0.3) is 0 Å². The van der Waals surface area contributed by atoms with Gasteiger partial charge >= 0.3 is 6.16 Å². The van der Waals surface area contributed by atoms with E-state index in [1.54, 1.807) is 0 Å². The van der Waals surface area contributed by atoms with Gasteiger partial charge in [-0.25, -0.2) is 4.79 Å². The van der Waals surface area contributed by atoms with Crippen molar-refractivity contribution in [3.8, 4) is 0 Å². The first-order chi connectivity index (χ1) is 14.2. The van der Waals surface area contributed by atoms with E-state index in [4.69, 9.17) is 28.0 Å². The molecule has 0 bridgehead atoms. The fourth-order valence-corrected chi connectivity index (χ4v) is 2.72. The molecule has 3 amide bonds. The molecule has 12 nitrogen and oxygen atoms in total. The Hall–Kier alpha value is -2.44. The van der Waals surface area contributed by atoms with Crippen LogP contribution in [-0.2, 0) is 19.1 Å². The number of nitrogens with zero attached hydrogens (tertiary/aromatic N) is 1. The van der Waals surface area contributed by atoms with Crippen LogP contribution in [0.2, 0.25) is 0 Å². The quantitative estimate of drug-likeness (QED) is 0.116. The zero-order valence-corrected chi connectivity index (χ0v) is 17.4. The fraction of sp³-hybridized carbons (Fsp3) is 0.778. The second-order valence-corrected chi connectivity index (χ2v) is 6.99. The summed E-state index contributed by atoms with van der Waals surface area (Å²) in [4.78, 5) is 48.0. The van der Waals surface area contributed by atoms with E-state index in [-0.39, 0.29) is 32.5 Å². The molecule has 12 heteroatoms. The largest absolute Gasteiger partial charge is 0.505 e. The SMILES string of the molecule is NCCCC[C@@H](COC(=O)O)NC(=O)CN(CCCCN)C(=O)[C@H](N)CCC(N)=O. The summed E-state index contributed by atoms with van der Waals surface area (Å²) >= 11 is 0. The van der Waals surface area contributed by atoms with E-state index in [0.29, 0.717) is 38.8 Å². The number of unbranched alkanes of at least 4 members (excludes halogenated alkanes) is 2. The molecule has 0 aromatic carbocycles. The molecule has 0 fully saturated rings. The molecule has 30 heavy (non-hydrogen) atoms. The van der Waals surface area contributed by atoms with Crippen LogP contribution in [0.1, 0.15) is 44.9 Å². The molecule has 10 N–H and O–H groups in total. The molecule has 2 atom stereocenters. The van der Waals surface area contributed by atoms with Gasteiger partial charge in [-0.05, 0) is 45.2 Å². The van der Waals surface area contributed by atoms with Crippen LogP contribution < -0.4 is 28.3 Å². The molecular weight excluding hydrogens is 396 g/mol. The summed E-state index contributed by atoms with van der Waals surface area (Å²) in [5.41, 5.74) is 21.9. The van der Waals surface area contributed by atoms with E-state index in [9.17, 15) is 19.2 Å². The maximum Gasteiger partial charge on any atom is 0.505 e. The number of carboxylic acid groups (broad SMARTS) is 1. The second kappa shape index (κ2) is 16.4. The van der Waals surface area contributed by atoms with E-state index in [1.165, 1.54) is 4.90 Å². The highest BCUT2D eigenvalue weighted by atomic mass is 16.7. The molecule has 174 valence electrons. The summed E-state index contributed by atoms with van der Waals surface area (Å²) in [6.07, 6.45) is 1.74. The van der Waals surface area contributed by atoms with Gasteiger partial charge in [0.1, 0.15) is 6.61 Å². The van der Waals surface area contributed by atoms with Crippen LogP contribution in [0.3, 0.4) is 0 Å². The van der Waals surface area contributed by atoms with Crippen molar-refractivity contribution in [1.29, 1.82) is 0 Å². The molecule has 0 heterocycles. The molecular formula is C18H36N6O6. The van der Waals surface area contributed by atoms with Crippen LogP contribution in [0.15, 0.2) is 0 Å². The van der Waals surface area contributed by atoms with E-state index in [0.717, 1.165) is 6.42 Å². The number of primary amides is 1. The first kappa shape index (κ1) is 27.6. The molecule has 0 unspecified atom stereocenters. The van der Waals surface area contributed by atoms with Crippen molar-refractivity contribution >= 4 is 23.9 Å². The van der Waals surface area contributed by atoms with Crippen LogP contribution in [0.5, 0.6) is 0 Å². The predicted molar refractivity (Wildman–Crippen MR) is 110 cm³/mol. The van der Waals surface area contributed by atoms with Crippen molar-refractivity contribution in [3.63, 3.8) is 0 Å². The van der Waals surface area contributed by atoms with E-state index >= 15 is 0 Å². The Labute approximate surface area is 176 Å². The van der Waals surface area contributed by atoms with E-state index < -0.39 is 36.0 Å². The monoisotopic (exact) mass is 432 g/mol. The van der Waals surface area contributed by atoms with Gasteiger partial charge in [-0.1, -0.05) is 6.42 Å². The third kappa shape index (κ3) is 13.7. The van der Waals surface area contributed by atoms with Gasteiger partial charge in [0.25, 0.3) is 0 Å². The van der Waals surface area contributed by atoms with Crippen LogP contribution in [-0.4, -0.2) is 78.8 Å². The summed E-state index contributed by atoms with van der Waals surface area (Å²) in [6, 6.07) is -1.50. The van der Waals surface area contributed by atoms with Crippen molar-refractivity contribution in [3.05, 3.63) is 0 Å². The van der Waals surface area contributed by atoms with Gasteiger partial charge in [0, 0.05) is 13.0 Å². The highest BCUT2D eigenvalue weighted by molar-refractivity contribution is 5.88. The molecule has 0 aliphatic rings. The number of hydrogen-bond acceptors (Lipinski definition) is 8. The minimum absolute atomic E-state index is 0.0362. The minimum atomic E-state index is -1.44. The van der Waals surface area contributed by atoms with E-state index in [1.807, 2.05) is 0 Å². The molecule has 0 aromatic rings. The Balaban J connectivity index is 4.95. The predicted octanol–water partition coefficient (Wildman–Crippen LogP) is -1.54. The summed E-state index contributed by atoms with van der Waals surface area (Å²) in [7, 11) is 0. The molecule has 0 aliphatic heterocycles. The summed E-state index contributed by atoms with van der Waals surface area (Å²) in [5.74, 6) is -1.50. The number of hydrogen-bond donors (Lipinski definition) is 6. The number of rotatable bonds is 17. The smallest absolute Gasteiger partial charge is 0.450 e. The molecule has 0 spiro atoms. The lowest BCUT2D eigenvalue weighted by Gasteiger charge is -2.26. The normalized spacial score (nSPS) is 12.6. The summed E-state index contributed by atoms with van der Waals surface area (Å²) in [6.45, 7) is 0.737. The van der Waals surface area contributed by atoms with Gasteiger partial charge < -0.3 is 43.0 Å². The number of nitrogens with two attached hydrogens (primary N) is 4. The lowest BCUT2D eigenvalue weighted by atomic mass is 10.1. The molecule has 0 saturated heterocycles. The lowest BCUT2D eigenvalue weighted by Crippen LogP contribution is -2.50. The van der Waals surface area contributed by atoms with Crippen molar-refractivity contribution in [2.24, 2.45) is 22.9 Å². The Bertz CT molecular complexity index is 547. The van der Waals surface area contributed by atoms with Gasteiger partial charge in [0.2, 0.25) is 17.7 Å². The standard InChI is InChI=1S/C18H36N6O6/c19-8-2-1-5-13(12-30-18(28)29)23-16(26)11-24(10-4-3-9-20)17(27)14(21)6-7-15(22)25/h13-14H,1-12,19-21H2,(H2,22,25)(H,23,26)(H,28,29)/t13-,14+/m0/s1. The zero-order chi connectivity index (χ0) is 22.9. The number of ether oxygens (including phenoxy) is 1. The topological polar surface area (TPSA) is 217 Å². The molecule has 0 aliphatic carbocycles. The van der Waals surface area contributed by atoms with Crippen LogP contribution in [0, 0.1) is 0 Å². The Kier molecular flexibility index (Phi) is 15.0. The van der Waals surface area contributed by atoms with Crippen LogP contribution >= 0.6 is 0 Å². The van der Waals surface area contributed by atoms with Gasteiger partial charge in [0.15, 0.2) is 0 Å². The average molecular weight is 433 g/mol. The highest BCUT2D eigenvalue weighted by Crippen LogP contribution is 2.05. The number of nitrogens with one attached hydrogen (secondary N) is 1. The van der Waals surface area contributed by atoms with E-state index in [2.05, 4.69) is 10.1 Å². The second-order valence-electron chi connectivity index (χ2n) is 6.99. The maximum absolute atomic E-state index is 12.6. The third-order valence-corrected chi connectivity index (χ3v) is 4.33. The van der Waals surface area contributed by atoms with Crippen molar-refractivity contribution in [2.45, 2.75) is 57.0 Å². The third-order valence-electron chi connectivity index (χ3n) is 4.33. The highest BCUT2D eigenvalue weighted by Gasteiger charge is 2.24. The molecule has 0 rings (SSSR count). The molecule has 0 radical (unpaired) electrons. The summed E-state index contributed by atoms with van der Waals surface area (Å²) < 4.78 is 4.57. The number of amides is 3. The van der Waals surface area contributed by atoms with Gasteiger partial charge in [-0.15, -0.1) is 0 Å². The van der Waals surface area contributed by atoms with Gasteiger partial charge in [-0.2, -0.15) is 0 Å². The van der Waals surface area contributed by atoms with Crippen LogP contribution in [0.4, 0.5) is 4.79 Å². The maximum atomic E-state index is 12.6. The fourth-order valence-electron chi connectivity index (χ4n) is 2.72. The minimum Gasteiger partial charge on any atom is -0.450 e. The average Bonchev–Trinajstić information content (AvgIpc) is 2.68.